The van der Waals surface area contributed by atoms with Crippen molar-refractivity contribution in [2.75, 3.05) is 5.32 Å². The van der Waals surface area contributed by atoms with Crippen LogP contribution in [0.2, 0.25) is 0 Å². The van der Waals surface area contributed by atoms with Crippen LogP contribution in [0, 0.1) is 24.1 Å². The summed E-state index contributed by atoms with van der Waals surface area (Å²) in [5.41, 5.74) is 3.15. The van der Waals surface area contributed by atoms with Gasteiger partial charge < -0.3 is 5.32 Å². The third kappa shape index (κ3) is 2.74. The summed E-state index contributed by atoms with van der Waals surface area (Å²) in [5, 5.41) is 17.5. The molecule has 0 fully saturated rings. The van der Waals surface area contributed by atoms with Crippen molar-refractivity contribution in [1.82, 2.24) is 19.7 Å². The minimum atomic E-state index is -0.343. The third-order valence-electron chi connectivity index (χ3n) is 3.95. The first kappa shape index (κ1) is 15.7. The smallest absolute Gasteiger partial charge is 0.168 e. The van der Waals surface area contributed by atoms with Gasteiger partial charge in [0.2, 0.25) is 0 Å². The first-order chi connectivity index (χ1) is 12.7. The van der Waals surface area contributed by atoms with Crippen LogP contribution in [0.25, 0.3) is 16.7 Å². The van der Waals surface area contributed by atoms with Gasteiger partial charge in [0.1, 0.15) is 18.0 Å². The van der Waals surface area contributed by atoms with E-state index < -0.39 is 0 Å². The normalized spacial score (nSPS) is 10.7. The largest absolute Gasteiger partial charge is 0.339 e. The van der Waals surface area contributed by atoms with E-state index >= 15 is 0 Å². The molecule has 1 N–H and O–H groups in total. The number of hydrogen-bond donors (Lipinski definition) is 1. The summed E-state index contributed by atoms with van der Waals surface area (Å²) in [6.45, 7) is 1.85. The summed E-state index contributed by atoms with van der Waals surface area (Å²) in [5.74, 6) is 0.231. The highest BCUT2D eigenvalue weighted by molar-refractivity contribution is 5.91. The Kier molecular flexibility index (Phi) is 3.78. The molecule has 0 aliphatic rings. The first-order valence-electron chi connectivity index (χ1n) is 7.89. The number of benzene rings is 2. The van der Waals surface area contributed by atoms with E-state index in [-0.39, 0.29) is 5.82 Å². The van der Waals surface area contributed by atoms with Crippen LogP contribution in [-0.4, -0.2) is 19.7 Å². The second-order valence-corrected chi connectivity index (χ2v) is 5.72. The molecule has 4 aromatic rings. The van der Waals surface area contributed by atoms with Crippen LogP contribution in [-0.2, 0) is 0 Å². The highest BCUT2D eigenvalue weighted by Gasteiger charge is 2.15. The fraction of sp³-hybridized carbons (Fsp3) is 0.0526. The SMILES string of the molecule is Cc1nn(-c2cccc(F)c2)c2ncnc(Nc3cccc(C#N)c3)c12. The van der Waals surface area contributed by atoms with E-state index in [2.05, 4.69) is 26.5 Å². The molecule has 2 heterocycles. The number of aryl methyl sites for hydroxylation is 1. The Labute approximate surface area is 148 Å². The van der Waals surface area contributed by atoms with Crippen molar-refractivity contribution in [2.45, 2.75) is 6.92 Å². The zero-order valence-electron chi connectivity index (χ0n) is 13.8. The van der Waals surface area contributed by atoms with Crippen LogP contribution in [0.3, 0.4) is 0 Å². The minimum absolute atomic E-state index is 0.343. The van der Waals surface area contributed by atoms with Crippen LogP contribution >= 0.6 is 0 Å². The molecule has 0 spiro atoms. The Hall–Kier alpha value is -3.79. The van der Waals surface area contributed by atoms with E-state index in [0.29, 0.717) is 28.4 Å². The molecule has 0 amide bonds. The van der Waals surface area contributed by atoms with Gasteiger partial charge in [-0.3, -0.25) is 0 Å². The van der Waals surface area contributed by atoms with Gasteiger partial charge in [-0.05, 0) is 43.3 Å². The van der Waals surface area contributed by atoms with Crippen molar-refractivity contribution < 1.29 is 4.39 Å². The van der Waals surface area contributed by atoms with Gasteiger partial charge in [-0.15, -0.1) is 0 Å². The molecule has 0 atom stereocenters. The van der Waals surface area contributed by atoms with Crippen LogP contribution < -0.4 is 5.32 Å². The number of nitriles is 1. The van der Waals surface area contributed by atoms with Crippen LogP contribution in [0.4, 0.5) is 15.9 Å². The fourth-order valence-electron chi connectivity index (χ4n) is 2.80. The number of halogens is 1. The maximum absolute atomic E-state index is 13.6. The molecule has 0 saturated carbocycles. The Morgan fingerprint density at radius 1 is 1.12 bits per heavy atom. The predicted molar refractivity (Wildman–Crippen MR) is 95.8 cm³/mol. The van der Waals surface area contributed by atoms with Crippen molar-refractivity contribution in [3.63, 3.8) is 0 Å². The van der Waals surface area contributed by atoms with Gasteiger partial charge in [0.25, 0.3) is 0 Å². The van der Waals surface area contributed by atoms with E-state index in [9.17, 15) is 4.39 Å². The van der Waals surface area contributed by atoms with Crippen molar-refractivity contribution in [1.29, 1.82) is 5.26 Å². The summed E-state index contributed by atoms with van der Waals surface area (Å²) in [6, 6.07) is 15.4. The second kappa shape index (κ2) is 6.26. The number of hydrogen-bond acceptors (Lipinski definition) is 5. The van der Waals surface area contributed by atoms with Crippen molar-refractivity contribution in [3.05, 3.63) is 71.9 Å². The monoisotopic (exact) mass is 344 g/mol. The lowest BCUT2D eigenvalue weighted by molar-refractivity contribution is 0.625. The van der Waals surface area contributed by atoms with E-state index in [0.717, 1.165) is 11.1 Å². The van der Waals surface area contributed by atoms with Crippen molar-refractivity contribution in [3.8, 4) is 11.8 Å². The molecule has 0 bridgehead atoms. The lowest BCUT2D eigenvalue weighted by Gasteiger charge is -2.07. The Bertz CT molecular complexity index is 1160. The molecule has 4 rings (SSSR count). The number of nitrogens with zero attached hydrogens (tertiary/aromatic N) is 5. The van der Waals surface area contributed by atoms with Gasteiger partial charge in [-0.2, -0.15) is 10.4 Å². The summed E-state index contributed by atoms with van der Waals surface area (Å²) in [6.07, 6.45) is 1.43. The van der Waals surface area contributed by atoms with Crippen molar-refractivity contribution in [2.24, 2.45) is 0 Å². The molecule has 0 saturated heterocycles. The molecule has 0 aliphatic carbocycles. The van der Waals surface area contributed by atoms with Gasteiger partial charge in [0.05, 0.1) is 28.4 Å². The summed E-state index contributed by atoms with van der Waals surface area (Å²) < 4.78 is 15.2. The zero-order valence-corrected chi connectivity index (χ0v) is 13.8. The van der Waals surface area contributed by atoms with Gasteiger partial charge >= 0.3 is 0 Å². The Balaban J connectivity index is 1.84. The number of aromatic nitrogens is 4. The number of nitrogens with one attached hydrogen (secondary N) is 1. The summed E-state index contributed by atoms with van der Waals surface area (Å²) in [4.78, 5) is 8.63. The van der Waals surface area contributed by atoms with Gasteiger partial charge in [-0.1, -0.05) is 12.1 Å². The van der Waals surface area contributed by atoms with E-state index in [1.807, 2.05) is 13.0 Å². The molecular formula is C19H13FN6. The third-order valence-corrected chi connectivity index (χ3v) is 3.95. The topological polar surface area (TPSA) is 79.4 Å². The highest BCUT2D eigenvalue weighted by atomic mass is 19.1. The molecule has 0 radical (unpaired) electrons. The number of anilines is 2. The standard InChI is InChI=1S/C19H13FN6/c1-12-17-18(24-15-6-2-4-13(8-15)10-21)22-11-23-19(17)26(25-12)16-7-3-5-14(20)9-16/h2-9,11H,1H3,(H,22,23,24). The van der Waals surface area contributed by atoms with Crippen LogP contribution in [0.1, 0.15) is 11.3 Å². The molecule has 126 valence electrons. The molecule has 2 aromatic carbocycles. The van der Waals surface area contributed by atoms with Crippen LogP contribution in [0.15, 0.2) is 54.9 Å². The molecule has 0 unspecified atom stereocenters. The van der Waals surface area contributed by atoms with E-state index in [1.165, 1.54) is 18.5 Å². The zero-order chi connectivity index (χ0) is 18.1. The highest BCUT2D eigenvalue weighted by Crippen LogP contribution is 2.27. The lowest BCUT2D eigenvalue weighted by Crippen LogP contribution is -2.00. The molecule has 6 nitrogen and oxygen atoms in total. The molecule has 2 aromatic heterocycles. The molecular weight excluding hydrogens is 331 g/mol. The maximum Gasteiger partial charge on any atom is 0.168 e. The quantitative estimate of drug-likeness (QED) is 0.610. The Morgan fingerprint density at radius 3 is 2.77 bits per heavy atom. The van der Waals surface area contributed by atoms with Crippen molar-refractivity contribution >= 4 is 22.5 Å². The van der Waals surface area contributed by atoms with Gasteiger partial charge in [0.15, 0.2) is 5.65 Å². The van der Waals surface area contributed by atoms with E-state index in [1.54, 1.807) is 35.0 Å². The molecule has 7 heteroatoms. The number of rotatable bonds is 3. The average molecular weight is 344 g/mol. The first-order valence-corrected chi connectivity index (χ1v) is 7.89. The average Bonchev–Trinajstić information content (AvgIpc) is 3.00. The van der Waals surface area contributed by atoms with Gasteiger partial charge in [-0.25, -0.2) is 19.0 Å². The second-order valence-electron chi connectivity index (χ2n) is 5.72. The molecule has 0 aliphatic heterocycles. The Morgan fingerprint density at radius 2 is 1.96 bits per heavy atom. The van der Waals surface area contributed by atoms with Gasteiger partial charge in [0, 0.05) is 5.69 Å². The minimum Gasteiger partial charge on any atom is -0.339 e. The lowest BCUT2D eigenvalue weighted by atomic mass is 10.2. The van der Waals surface area contributed by atoms with Crippen LogP contribution in [0.5, 0.6) is 0 Å². The molecule has 26 heavy (non-hydrogen) atoms. The van der Waals surface area contributed by atoms with E-state index in [4.69, 9.17) is 5.26 Å². The predicted octanol–water partition coefficient (Wildman–Crippen LogP) is 3.88. The number of fused-ring (bicyclic) bond motifs is 1. The summed E-state index contributed by atoms with van der Waals surface area (Å²) >= 11 is 0. The maximum atomic E-state index is 13.6. The summed E-state index contributed by atoms with van der Waals surface area (Å²) in [7, 11) is 0. The fourth-order valence-corrected chi connectivity index (χ4v) is 2.80.